The van der Waals surface area contributed by atoms with Gasteiger partial charge < -0.3 is 14.5 Å². The summed E-state index contributed by atoms with van der Waals surface area (Å²) in [7, 11) is 0. The van der Waals surface area contributed by atoms with Crippen molar-refractivity contribution in [2.45, 2.75) is 13.0 Å². The molecule has 0 saturated carbocycles. The smallest absolute Gasteiger partial charge is 0.263 e. The maximum absolute atomic E-state index is 12.7. The predicted molar refractivity (Wildman–Crippen MR) is 110 cm³/mol. The first-order chi connectivity index (χ1) is 13.3. The molecule has 1 atom stereocenters. The van der Waals surface area contributed by atoms with Crippen LogP contribution in [0.15, 0.2) is 42.5 Å². The van der Waals surface area contributed by atoms with Crippen LogP contribution in [0.2, 0.25) is 15.1 Å². The van der Waals surface area contributed by atoms with Gasteiger partial charge in [-0.1, -0.05) is 34.8 Å². The summed E-state index contributed by atoms with van der Waals surface area (Å²) in [6.07, 6.45) is -0.630. The van der Waals surface area contributed by atoms with Crippen molar-refractivity contribution in [2.75, 3.05) is 26.2 Å². The van der Waals surface area contributed by atoms with Gasteiger partial charge in [-0.2, -0.15) is 0 Å². The highest BCUT2D eigenvalue weighted by molar-refractivity contribution is 6.36. The molecule has 1 saturated heterocycles. The molecule has 148 valence electrons. The summed E-state index contributed by atoms with van der Waals surface area (Å²) in [5.41, 5.74) is 0.408. The molecule has 1 aliphatic heterocycles. The fourth-order valence-corrected chi connectivity index (χ4v) is 3.60. The van der Waals surface area contributed by atoms with Gasteiger partial charge in [-0.3, -0.25) is 9.59 Å². The Kier molecular flexibility index (Phi) is 6.70. The Morgan fingerprint density at radius 1 is 0.893 bits per heavy atom. The van der Waals surface area contributed by atoms with Gasteiger partial charge in [0.2, 0.25) is 0 Å². The molecular weight excluding hydrogens is 423 g/mol. The van der Waals surface area contributed by atoms with E-state index in [-0.39, 0.29) is 11.8 Å². The average molecular weight is 442 g/mol. The molecule has 8 heteroatoms. The molecule has 28 heavy (non-hydrogen) atoms. The summed E-state index contributed by atoms with van der Waals surface area (Å²) in [5.74, 6) is 0.294. The minimum absolute atomic E-state index is 0.119. The Morgan fingerprint density at radius 3 is 2.07 bits per heavy atom. The zero-order valence-corrected chi connectivity index (χ0v) is 17.5. The van der Waals surface area contributed by atoms with Gasteiger partial charge in [-0.15, -0.1) is 0 Å². The Labute approximate surface area is 178 Å². The number of halogens is 3. The molecule has 1 fully saturated rings. The quantitative estimate of drug-likeness (QED) is 0.707. The highest BCUT2D eigenvalue weighted by Crippen LogP contribution is 2.23. The largest absolute Gasteiger partial charge is 0.481 e. The summed E-state index contributed by atoms with van der Waals surface area (Å²) in [6, 6.07) is 11.7. The van der Waals surface area contributed by atoms with Crippen LogP contribution in [0.5, 0.6) is 5.75 Å². The van der Waals surface area contributed by atoms with Crippen molar-refractivity contribution >= 4 is 46.6 Å². The number of carbonyl (C=O) groups is 2. The monoisotopic (exact) mass is 440 g/mol. The van der Waals surface area contributed by atoms with Gasteiger partial charge in [0.15, 0.2) is 6.10 Å². The minimum atomic E-state index is -0.630. The Morgan fingerprint density at radius 2 is 1.46 bits per heavy atom. The summed E-state index contributed by atoms with van der Waals surface area (Å²) in [6.45, 7) is 3.44. The maximum Gasteiger partial charge on any atom is 0.263 e. The van der Waals surface area contributed by atoms with E-state index >= 15 is 0 Å². The van der Waals surface area contributed by atoms with Crippen LogP contribution in [-0.2, 0) is 4.79 Å². The number of piperazine rings is 1. The van der Waals surface area contributed by atoms with Crippen LogP contribution in [0.25, 0.3) is 0 Å². The molecule has 1 aliphatic rings. The Bertz CT molecular complexity index is 865. The SMILES string of the molecule is CC(Oc1ccc(Cl)cc1)C(=O)N1CCN(C(=O)c2ccc(Cl)cc2Cl)CC1. The van der Waals surface area contributed by atoms with Crippen LogP contribution in [0.4, 0.5) is 0 Å². The third kappa shape index (κ3) is 4.90. The summed E-state index contributed by atoms with van der Waals surface area (Å²) in [4.78, 5) is 28.7. The van der Waals surface area contributed by atoms with Crippen LogP contribution < -0.4 is 4.74 Å². The zero-order valence-electron chi connectivity index (χ0n) is 15.2. The van der Waals surface area contributed by atoms with E-state index in [0.29, 0.717) is 52.6 Å². The van der Waals surface area contributed by atoms with E-state index in [9.17, 15) is 9.59 Å². The van der Waals surface area contributed by atoms with E-state index in [2.05, 4.69) is 0 Å². The van der Waals surface area contributed by atoms with E-state index < -0.39 is 6.10 Å². The number of benzene rings is 2. The lowest BCUT2D eigenvalue weighted by Gasteiger charge is -2.36. The van der Waals surface area contributed by atoms with Gasteiger partial charge in [0.25, 0.3) is 11.8 Å². The van der Waals surface area contributed by atoms with E-state index in [1.165, 1.54) is 0 Å². The van der Waals surface area contributed by atoms with E-state index in [1.54, 1.807) is 59.2 Å². The fourth-order valence-electron chi connectivity index (χ4n) is 2.99. The molecule has 1 heterocycles. The number of amides is 2. The van der Waals surface area contributed by atoms with Gasteiger partial charge in [-0.25, -0.2) is 0 Å². The highest BCUT2D eigenvalue weighted by atomic mass is 35.5. The Balaban J connectivity index is 1.56. The molecule has 2 aromatic carbocycles. The van der Waals surface area contributed by atoms with Crippen molar-refractivity contribution in [3.63, 3.8) is 0 Å². The topological polar surface area (TPSA) is 49.9 Å². The maximum atomic E-state index is 12.7. The molecule has 3 rings (SSSR count). The lowest BCUT2D eigenvalue weighted by atomic mass is 10.1. The van der Waals surface area contributed by atoms with Gasteiger partial charge in [0.05, 0.1) is 10.6 Å². The second kappa shape index (κ2) is 9.03. The van der Waals surface area contributed by atoms with Crippen molar-refractivity contribution < 1.29 is 14.3 Å². The van der Waals surface area contributed by atoms with Gasteiger partial charge in [-0.05, 0) is 49.4 Å². The fraction of sp³-hybridized carbons (Fsp3) is 0.300. The third-order valence-electron chi connectivity index (χ3n) is 4.51. The van der Waals surface area contributed by atoms with Crippen LogP contribution in [0, 0.1) is 0 Å². The molecule has 2 amide bonds. The van der Waals surface area contributed by atoms with Crippen LogP contribution >= 0.6 is 34.8 Å². The lowest BCUT2D eigenvalue weighted by Crippen LogP contribution is -2.53. The van der Waals surface area contributed by atoms with E-state index in [0.717, 1.165) is 0 Å². The minimum Gasteiger partial charge on any atom is -0.481 e. The normalized spacial score (nSPS) is 15.3. The second-order valence-corrected chi connectivity index (χ2v) is 7.74. The van der Waals surface area contributed by atoms with Crippen molar-refractivity contribution in [2.24, 2.45) is 0 Å². The first kappa shape index (κ1) is 20.8. The van der Waals surface area contributed by atoms with Crippen LogP contribution in [0.3, 0.4) is 0 Å². The number of hydrogen-bond acceptors (Lipinski definition) is 3. The number of nitrogens with zero attached hydrogens (tertiary/aromatic N) is 2. The molecule has 0 radical (unpaired) electrons. The van der Waals surface area contributed by atoms with E-state index in [1.807, 2.05) is 0 Å². The molecule has 0 N–H and O–H groups in total. The first-order valence-corrected chi connectivity index (χ1v) is 9.94. The molecular formula is C20H19Cl3N2O3. The second-order valence-electron chi connectivity index (χ2n) is 6.46. The third-order valence-corrected chi connectivity index (χ3v) is 5.31. The molecule has 2 aromatic rings. The first-order valence-electron chi connectivity index (χ1n) is 8.80. The van der Waals surface area contributed by atoms with Crippen molar-refractivity contribution in [1.29, 1.82) is 0 Å². The van der Waals surface area contributed by atoms with Crippen LogP contribution in [0.1, 0.15) is 17.3 Å². The molecule has 0 spiro atoms. The average Bonchev–Trinajstić information content (AvgIpc) is 2.69. The number of rotatable bonds is 4. The van der Waals surface area contributed by atoms with Gasteiger partial charge >= 0.3 is 0 Å². The molecule has 0 bridgehead atoms. The standard InChI is InChI=1S/C20H19Cl3N2O3/c1-13(28-16-5-2-14(21)3-6-16)19(26)24-8-10-25(11-9-24)20(27)17-7-4-15(22)12-18(17)23/h2-7,12-13H,8-11H2,1H3. The van der Waals surface area contributed by atoms with E-state index in [4.69, 9.17) is 39.5 Å². The van der Waals surface area contributed by atoms with Crippen molar-refractivity contribution in [3.05, 3.63) is 63.1 Å². The number of hydrogen-bond donors (Lipinski definition) is 0. The lowest BCUT2D eigenvalue weighted by molar-refractivity contribution is -0.139. The highest BCUT2D eigenvalue weighted by Gasteiger charge is 2.29. The summed E-state index contributed by atoms with van der Waals surface area (Å²) in [5, 5.41) is 1.40. The van der Waals surface area contributed by atoms with Crippen molar-refractivity contribution in [1.82, 2.24) is 9.80 Å². The van der Waals surface area contributed by atoms with Crippen molar-refractivity contribution in [3.8, 4) is 5.75 Å². The molecule has 0 aliphatic carbocycles. The Hall–Kier alpha value is -1.95. The molecule has 1 unspecified atom stereocenters. The summed E-state index contributed by atoms with van der Waals surface area (Å²) >= 11 is 17.9. The number of ether oxygens (including phenoxy) is 1. The van der Waals surface area contributed by atoms with Crippen LogP contribution in [-0.4, -0.2) is 53.9 Å². The zero-order chi connectivity index (χ0) is 20.3. The number of carbonyl (C=O) groups excluding carboxylic acids is 2. The molecule has 0 aromatic heterocycles. The summed E-state index contributed by atoms with van der Waals surface area (Å²) < 4.78 is 5.69. The molecule has 5 nitrogen and oxygen atoms in total. The predicted octanol–water partition coefficient (Wildman–Crippen LogP) is 4.40. The van der Waals surface area contributed by atoms with Gasteiger partial charge in [0, 0.05) is 36.2 Å². The van der Waals surface area contributed by atoms with Gasteiger partial charge in [0.1, 0.15) is 5.75 Å².